The topological polar surface area (TPSA) is 89.6 Å². The minimum Gasteiger partial charge on any atom is -0.296 e. The molecule has 13 heavy (non-hydrogen) atoms. The quantitative estimate of drug-likeness (QED) is 0.428. The monoisotopic (exact) mass is 204 g/mol. The number of nitrogens with two attached hydrogens (primary N) is 1. The Hall–Kier alpha value is -1.05. The Morgan fingerprint density at radius 1 is 1.54 bits per heavy atom. The van der Waals surface area contributed by atoms with E-state index in [0.29, 0.717) is 6.29 Å². The van der Waals surface area contributed by atoms with Gasteiger partial charge in [-0.25, -0.2) is 9.62 Å². The lowest BCUT2D eigenvalue weighted by Crippen LogP contribution is -2.45. The molecule has 0 amide bonds. The number of carbonyl (C=O) groups excluding carboxylic acids is 1. The van der Waals surface area contributed by atoms with E-state index in [2.05, 4.69) is 4.99 Å². The van der Waals surface area contributed by atoms with Crippen LogP contribution in [0.5, 0.6) is 0 Å². The van der Waals surface area contributed by atoms with Crippen molar-refractivity contribution in [2.24, 2.45) is 10.1 Å². The molecule has 0 unspecified atom stereocenters. The van der Waals surface area contributed by atoms with Gasteiger partial charge in [-0.2, -0.15) is 13.4 Å². The first-order valence-electron chi connectivity index (χ1n) is 3.41. The molecule has 0 saturated heterocycles. The number of amidine groups is 1. The summed E-state index contributed by atoms with van der Waals surface area (Å²) in [4.78, 5) is 13.9. The van der Waals surface area contributed by atoms with Crippen LogP contribution >= 0.6 is 0 Å². The molecule has 0 atom stereocenters. The maximum Gasteiger partial charge on any atom is 0.341 e. The molecule has 0 bridgehead atoms. The van der Waals surface area contributed by atoms with Crippen LogP contribution in [0.25, 0.3) is 0 Å². The van der Waals surface area contributed by atoms with Crippen molar-refractivity contribution in [3.63, 3.8) is 0 Å². The highest BCUT2D eigenvalue weighted by molar-refractivity contribution is 8.03. The Morgan fingerprint density at radius 2 is 2.08 bits per heavy atom. The van der Waals surface area contributed by atoms with Gasteiger partial charge in [0.2, 0.25) is 0 Å². The second kappa shape index (κ2) is 2.72. The van der Waals surface area contributed by atoms with E-state index in [0.717, 1.165) is 0 Å². The molecule has 0 aliphatic carbocycles. The van der Waals surface area contributed by atoms with Gasteiger partial charge in [-0.05, 0) is 0 Å². The number of allylic oxidation sites excluding steroid dienone is 1. The molecule has 0 fully saturated rings. The number of quaternary nitrogens is 1. The number of hydrogen-bond acceptors (Lipinski definition) is 4. The molecule has 72 valence electrons. The summed E-state index contributed by atoms with van der Waals surface area (Å²) in [5.74, 6) is 0. The van der Waals surface area contributed by atoms with Crippen molar-refractivity contribution in [3.8, 4) is 0 Å². The van der Waals surface area contributed by atoms with Gasteiger partial charge < -0.3 is 0 Å². The van der Waals surface area contributed by atoms with Crippen LogP contribution in [-0.4, -0.2) is 38.4 Å². The summed E-state index contributed by atoms with van der Waals surface area (Å²) in [6.07, 6.45) is 1.89. The molecule has 1 heterocycles. The highest BCUT2D eigenvalue weighted by Crippen LogP contribution is 2.17. The van der Waals surface area contributed by atoms with Crippen molar-refractivity contribution < 1.29 is 17.7 Å². The minimum atomic E-state index is -3.84. The van der Waals surface area contributed by atoms with Gasteiger partial charge in [0.1, 0.15) is 6.20 Å². The van der Waals surface area contributed by atoms with E-state index in [-0.39, 0.29) is 15.3 Å². The van der Waals surface area contributed by atoms with Gasteiger partial charge in [-0.3, -0.25) is 4.79 Å². The Labute approximate surface area is 76.0 Å². The number of sulfonamides is 1. The zero-order chi connectivity index (χ0) is 10.3. The molecule has 7 heteroatoms. The maximum atomic E-state index is 11.0. The van der Waals surface area contributed by atoms with Crippen molar-refractivity contribution in [3.05, 3.63) is 11.9 Å². The average Bonchev–Trinajstić information content (AvgIpc) is 2.24. The predicted molar refractivity (Wildman–Crippen MR) is 46.8 cm³/mol. The Morgan fingerprint density at radius 3 is 2.31 bits per heavy atom. The molecular formula is C6H10N3O3S+. The van der Waals surface area contributed by atoms with Crippen LogP contribution in [0.3, 0.4) is 0 Å². The van der Waals surface area contributed by atoms with Gasteiger partial charge in [0.05, 0.1) is 14.1 Å². The number of nitrogens with zero attached hydrogens (tertiary/aromatic N) is 2. The van der Waals surface area contributed by atoms with E-state index >= 15 is 0 Å². The number of primary sulfonamides is 1. The van der Waals surface area contributed by atoms with Crippen LogP contribution in [0, 0.1) is 0 Å². The molecule has 0 aromatic heterocycles. The molecule has 0 aromatic carbocycles. The van der Waals surface area contributed by atoms with E-state index < -0.39 is 10.0 Å². The lowest BCUT2D eigenvalue weighted by atomic mass is 10.5. The molecular weight excluding hydrogens is 194 g/mol. The predicted octanol–water partition coefficient (Wildman–Crippen LogP) is -1.24. The van der Waals surface area contributed by atoms with E-state index in [1.165, 1.54) is 6.20 Å². The first-order valence-corrected chi connectivity index (χ1v) is 4.96. The Balaban J connectivity index is 3.26. The Bertz CT molecular complexity index is 405. The minimum absolute atomic E-state index is 0.0778. The van der Waals surface area contributed by atoms with Crippen LogP contribution in [0.15, 0.2) is 16.9 Å². The van der Waals surface area contributed by atoms with Crippen molar-refractivity contribution in [2.75, 3.05) is 14.1 Å². The second-order valence-electron chi connectivity index (χ2n) is 3.15. The van der Waals surface area contributed by atoms with E-state index in [1.54, 1.807) is 14.1 Å². The summed E-state index contributed by atoms with van der Waals surface area (Å²) in [6.45, 7) is 0. The SMILES string of the molecule is C[N+]1(C)C=C(C=O)N=C1S(N)(=O)=O. The summed E-state index contributed by atoms with van der Waals surface area (Å²) in [5.41, 5.74) is 0.0778. The number of hydrogen-bond donors (Lipinski definition) is 1. The summed E-state index contributed by atoms with van der Waals surface area (Å²) in [5, 5.41) is 4.68. The van der Waals surface area contributed by atoms with Gasteiger partial charge in [0.25, 0.3) is 0 Å². The molecule has 1 aliphatic rings. The highest BCUT2D eigenvalue weighted by atomic mass is 32.2. The van der Waals surface area contributed by atoms with E-state index in [4.69, 9.17) is 5.14 Å². The number of rotatable bonds is 1. The van der Waals surface area contributed by atoms with Gasteiger partial charge >= 0.3 is 15.2 Å². The fourth-order valence-corrected chi connectivity index (χ4v) is 2.04. The van der Waals surface area contributed by atoms with E-state index in [1.807, 2.05) is 0 Å². The molecule has 0 spiro atoms. The lowest BCUT2D eigenvalue weighted by Gasteiger charge is -2.18. The summed E-state index contributed by atoms with van der Waals surface area (Å²) in [7, 11) is -0.704. The highest BCUT2D eigenvalue weighted by Gasteiger charge is 2.37. The number of aliphatic imine (C=N–C) groups is 1. The fourth-order valence-electron chi connectivity index (χ4n) is 1.10. The van der Waals surface area contributed by atoms with Gasteiger partial charge in [-0.15, -0.1) is 0 Å². The van der Waals surface area contributed by atoms with Crippen LogP contribution in [0.1, 0.15) is 0 Å². The van der Waals surface area contributed by atoms with Crippen molar-refractivity contribution >= 4 is 21.5 Å². The molecule has 1 aliphatic heterocycles. The van der Waals surface area contributed by atoms with E-state index in [9.17, 15) is 13.2 Å². The standard InChI is InChI=1S/C6H10N3O3S/c1-9(2)3-5(4-10)8-6(9)13(7,11)12/h3-4H,1-2H3,(H2,7,11,12)/q+1. The Kier molecular flexibility index (Phi) is 2.10. The van der Waals surface area contributed by atoms with Crippen LogP contribution < -0.4 is 5.14 Å². The van der Waals surface area contributed by atoms with Crippen LogP contribution in [0.2, 0.25) is 0 Å². The lowest BCUT2D eigenvalue weighted by molar-refractivity contribution is -0.736. The van der Waals surface area contributed by atoms with Crippen molar-refractivity contribution in [1.82, 2.24) is 0 Å². The number of aldehydes is 1. The summed E-state index contributed by atoms with van der Waals surface area (Å²) < 4.78 is 21.9. The first kappa shape index (κ1) is 10.0. The largest absolute Gasteiger partial charge is 0.341 e. The third kappa shape index (κ3) is 1.82. The first-order chi connectivity index (χ1) is 5.77. The molecule has 1 rings (SSSR count). The average molecular weight is 204 g/mol. The molecule has 6 nitrogen and oxygen atoms in total. The smallest absolute Gasteiger partial charge is 0.296 e. The zero-order valence-corrected chi connectivity index (χ0v) is 8.08. The van der Waals surface area contributed by atoms with Crippen molar-refractivity contribution in [1.29, 1.82) is 0 Å². The second-order valence-corrected chi connectivity index (χ2v) is 4.61. The summed E-state index contributed by atoms with van der Waals surface area (Å²) >= 11 is 0. The van der Waals surface area contributed by atoms with Crippen LogP contribution in [0.4, 0.5) is 0 Å². The van der Waals surface area contributed by atoms with Gasteiger partial charge in [-0.1, -0.05) is 0 Å². The zero-order valence-electron chi connectivity index (χ0n) is 7.26. The molecule has 0 radical (unpaired) electrons. The fraction of sp³-hybridized carbons (Fsp3) is 0.333. The summed E-state index contributed by atoms with van der Waals surface area (Å²) in [6, 6.07) is 0. The van der Waals surface area contributed by atoms with Crippen LogP contribution in [-0.2, 0) is 14.8 Å². The molecule has 0 saturated carbocycles. The normalized spacial score (nSPS) is 20.8. The number of carbonyl (C=O) groups is 1. The molecule has 0 aromatic rings. The van der Waals surface area contributed by atoms with Gasteiger partial charge in [0.15, 0.2) is 12.0 Å². The van der Waals surface area contributed by atoms with Gasteiger partial charge in [0, 0.05) is 0 Å². The molecule has 2 N–H and O–H groups in total. The third-order valence-corrected chi connectivity index (χ3v) is 2.62. The maximum absolute atomic E-state index is 11.0. The third-order valence-electron chi connectivity index (χ3n) is 1.55. The van der Waals surface area contributed by atoms with Crippen molar-refractivity contribution in [2.45, 2.75) is 0 Å².